The molecule has 2 amide bonds. The number of nitrogens with one attached hydrogen (secondary N) is 1. The summed E-state index contributed by atoms with van der Waals surface area (Å²) in [5.41, 5.74) is 3.09. The summed E-state index contributed by atoms with van der Waals surface area (Å²) in [6, 6.07) is 5.54. The van der Waals surface area contributed by atoms with Crippen molar-refractivity contribution in [2.45, 2.75) is 32.7 Å². The summed E-state index contributed by atoms with van der Waals surface area (Å²) >= 11 is 0. The highest BCUT2D eigenvalue weighted by atomic mass is 16.2. The summed E-state index contributed by atoms with van der Waals surface area (Å²) in [5, 5.41) is 2.79. The molecule has 1 aromatic rings. The van der Waals surface area contributed by atoms with Crippen molar-refractivity contribution in [3.05, 3.63) is 23.8 Å². The van der Waals surface area contributed by atoms with E-state index in [1.807, 2.05) is 51.0 Å². The lowest BCUT2D eigenvalue weighted by Crippen LogP contribution is -2.44. The van der Waals surface area contributed by atoms with E-state index < -0.39 is 6.04 Å². The van der Waals surface area contributed by atoms with E-state index in [4.69, 9.17) is 0 Å². The molecule has 0 saturated carbocycles. The monoisotopic (exact) mass is 289 g/mol. The molecule has 1 saturated heterocycles. The summed E-state index contributed by atoms with van der Waals surface area (Å²) in [4.78, 5) is 28.0. The minimum Gasteiger partial charge on any atom is -0.377 e. The van der Waals surface area contributed by atoms with Crippen LogP contribution in [0.5, 0.6) is 0 Å². The molecule has 2 rings (SSSR count). The Morgan fingerprint density at radius 1 is 1.33 bits per heavy atom. The van der Waals surface area contributed by atoms with Gasteiger partial charge in [-0.15, -0.1) is 0 Å². The summed E-state index contributed by atoms with van der Waals surface area (Å²) < 4.78 is 0. The highest BCUT2D eigenvalue weighted by Gasteiger charge is 2.29. The predicted octanol–water partition coefficient (Wildman–Crippen LogP) is 1.69. The third kappa shape index (κ3) is 3.17. The molecule has 1 aromatic carbocycles. The van der Waals surface area contributed by atoms with E-state index in [9.17, 15) is 9.59 Å². The first kappa shape index (κ1) is 15.4. The second-order valence-corrected chi connectivity index (χ2v) is 5.63. The van der Waals surface area contributed by atoms with Crippen LogP contribution in [-0.4, -0.2) is 38.5 Å². The van der Waals surface area contributed by atoms with Gasteiger partial charge in [-0.25, -0.2) is 0 Å². The van der Waals surface area contributed by atoms with E-state index in [0.717, 1.165) is 16.9 Å². The zero-order chi connectivity index (χ0) is 15.6. The van der Waals surface area contributed by atoms with Gasteiger partial charge in [0, 0.05) is 38.4 Å². The van der Waals surface area contributed by atoms with Gasteiger partial charge in [0.2, 0.25) is 11.8 Å². The molecule has 0 aromatic heterocycles. The molecule has 1 aliphatic rings. The number of hydrogen-bond acceptors (Lipinski definition) is 3. The molecule has 1 heterocycles. The first-order valence-corrected chi connectivity index (χ1v) is 7.32. The molecule has 0 aliphatic carbocycles. The van der Waals surface area contributed by atoms with Crippen LogP contribution in [0.25, 0.3) is 0 Å². The van der Waals surface area contributed by atoms with Crippen LogP contribution in [0.15, 0.2) is 18.2 Å². The van der Waals surface area contributed by atoms with Crippen molar-refractivity contribution in [1.82, 2.24) is 5.32 Å². The van der Waals surface area contributed by atoms with Crippen LogP contribution in [0.4, 0.5) is 11.4 Å². The number of carbonyl (C=O) groups excluding carboxylic acids is 2. The Labute approximate surface area is 125 Å². The molecule has 21 heavy (non-hydrogen) atoms. The van der Waals surface area contributed by atoms with Gasteiger partial charge in [-0.3, -0.25) is 9.59 Å². The molecule has 1 atom stereocenters. The molecule has 1 aliphatic heterocycles. The molecule has 5 heteroatoms. The van der Waals surface area contributed by atoms with Gasteiger partial charge in [0.25, 0.3) is 0 Å². The molecule has 114 valence electrons. The molecule has 5 nitrogen and oxygen atoms in total. The molecule has 0 radical (unpaired) electrons. The van der Waals surface area contributed by atoms with Gasteiger partial charge in [-0.1, -0.05) is 13.0 Å². The normalized spacial score (nSPS) is 19.2. The third-order valence-electron chi connectivity index (χ3n) is 3.86. The summed E-state index contributed by atoms with van der Waals surface area (Å²) in [7, 11) is 3.96. The number of nitrogens with zero attached hydrogens (tertiary/aromatic N) is 2. The van der Waals surface area contributed by atoms with Crippen LogP contribution in [0.2, 0.25) is 0 Å². The summed E-state index contributed by atoms with van der Waals surface area (Å²) in [5.74, 6) is -0.0884. The number of aryl methyl sites for hydroxylation is 1. The maximum absolute atomic E-state index is 12.6. The van der Waals surface area contributed by atoms with E-state index in [1.165, 1.54) is 0 Å². The quantitative estimate of drug-likeness (QED) is 0.921. The van der Waals surface area contributed by atoms with Gasteiger partial charge in [-0.05, 0) is 31.0 Å². The molecule has 1 fully saturated rings. The average molecular weight is 289 g/mol. The Kier molecular flexibility index (Phi) is 4.50. The van der Waals surface area contributed by atoms with Crippen molar-refractivity contribution in [3.63, 3.8) is 0 Å². The average Bonchev–Trinajstić information content (AvgIpc) is 2.59. The van der Waals surface area contributed by atoms with Gasteiger partial charge < -0.3 is 15.1 Å². The molecule has 0 bridgehead atoms. The van der Waals surface area contributed by atoms with Crippen molar-refractivity contribution < 1.29 is 9.59 Å². The van der Waals surface area contributed by atoms with Crippen LogP contribution in [0, 0.1) is 6.92 Å². The Morgan fingerprint density at radius 3 is 2.67 bits per heavy atom. The summed E-state index contributed by atoms with van der Waals surface area (Å²) in [6.07, 6.45) is 0.945. The zero-order valence-electron chi connectivity index (χ0n) is 13.1. The lowest BCUT2D eigenvalue weighted by atomic mass is 10.1. The number of carbonyl (C=O) groups is 2. The number of rotatable bonds is 3. The molecule has 1 N–H and O–H groups in total. The largest absolute Gasteiger partial charge is 0.377 e. The highest BCUT2D eigenvalue weighted by molar-refractivity contribution is 6.01. The minimum atomic E-state index is -0.427. The third-order valence-corrected chi connectivity index (χ3v) is 3.86. The van der Waals surface area contributed by atoms with Crippen molar-refractivity contribution in [2.75, 3.05) is 30.4 Å². The van der Waals surface area contributed by atoms with Crippen LogP contribution in [-0.2, 0) is 9.59 Å². The van der Waals surface area contributed by atoms with Gasteiger partial charge in [-0.2, -0.15) is 0 Å². The van der Waals surface area contributed by atoms with Crippen molar-refractivity contribution >= 4 is 23.2 Å². The van der Waals surface area contributed by atoms with Gasteiger partial charge in [0.05, 0.1) is 0 Å². The fourth-order valence-corrected chi connectivity index (χ4v) is 2.62. The van der Waals surface area contributed by atoms with Crippen LogP contribution in [0.3, 0.4) is 0 Å². The first-order valence-electron chi connectivity index (χ1n) is 7.32. The second kappa shape index (κ2) is 6.16. The van der Waals surface area contributed by atoms with E-state index in [0.29, 0.717) is 19.4 Å². The smallest absolute Gasteiger partial charge is 0.249 e. The molecular formula is C16H23N3O2. The highest BCUT2D eigenvalue weighted by Crippen LogP contribution is 2.26. The number of benzene rings is 1. The maximum Gasteiger partial charge on any atom is 0.249 e. The van der Waals surface area contributed by atoms with Gasteiger partial charge >= 0.3 is 0 Å². The van der Waals surface area contributed by atoms with E-state index in [-0.39, 0.29) is 11.8 Å². The maximum atomic E-state index is 12.6. The standard InChI is InChI=1S/C16H23N3O2/c1-5-13-16(21)19(9-8-15(20)17-13)12-7-6-11(2)14(10-12)18(3)4/h6-7,10,13H,5,8-9H2,1-4H3,(H,17,20). The Morgan fingerprint density at radius 2 is 2.05 bits per heavy atom. The van der Waals surface area contributed by atoms with Crippen LogP contribution in [0.1, 0.15) is 25.3 Å². The van der Waals surface area contributed by atoms with Crippen molar-refractivity contribution in [3.8, 4) is 0 Å². The SMILES string of the molecule is CCC1NC(=O)CCN(c2ccc(C)c(N(C)C)c2)C1=O. The zero-order valence-corrected chi connectivity index (χ0v) is 13.1. The van der Waals surface area contributed by atoms with Crippen molar-refractivity contribution in [1.29, 1.82) is 0 Å². The van der Waals surface area contributed by atoms with Gasteiger partial charge in [0.1, 0.15) is 6.04 Å². The molecule has 0 spiro atoms. The predicted molar refractivity (Wildman–Crippen MR) is 84.7 cm³/mol. The van der Waals surface area contributed by atoms with Crippen LogP contribution < -0.4 is 15.1 Å². The number of anilines is 2. The van der Waals surface area contributed by atoms with Gasteiger partial charge in [0.15, 0.2) is 0 Å². The number of hydrogen-bond donors (Lipinski definition) is 1. The Bertz CT molecular complexity index is 554. The molecular weight excluding hydrogens is 266 g/mol. The summed E-state index contributed by atoms with van der Waals surface area (Å²) in [6.45, 7) is 4.38. The molecule has 1 unspecified atom stereocenters. The van der Waals surface area contributed by atoms with E-state index in [2.05, 4.69) is 5.32 Å². The minimum absolute atomic E-state index is 0.0306. The Hall–Kier alpha value is -2.04. The van der Waals surface area contributed by atoms with E-state index >= 15 is 0 Å². The topological polar surface area (TPSA) is 52.7 Å². The fourth-order valence-electron chi connectivity index (χ4n) is 2.62. The van der Waals surface area contributed by atoms with E-state index in [1.54, 1.807) is 4.90 Å². The number of amides is 2. The second-order valence-electron chi connectivity index (χ2n) is 5.63. The Balaban J connectivity index is 2.37. The lowest BCUT2D eigenvalue weighted by Gasteiger charge is -2.25. The lowest BCUT2D eigenvalue weighted by molar-refractivity contribution is -0.125. The fraction of sp³-hybridized carbons (Fsp3) is 0.500. The van der Waals surface area contributed by atoms with Crippen LogP contribution >= 0.6 is 0 Å². The first-order chi connectivity index (χ1) is 9.93. The van der Waals surface area contributed by atoms with Crippen molar-refractivity contribution in [2.24, 2.45) is 0 Å².